The molecule has 1 heterocycles. The van der Waals surface area contributed by atoms with Crippen molar-refractivity contribution in [3.05, 3.63) is 36.8 Å². The third-order valence-corrected chi connectivity index (χ3v) is 2.94. The Bertz CT molecular complexity index is 529. The molecule has 1 aromatic heterocycles. The van der Waals surface area contributed by atoms with Crippen LogP contribution in [0.25, 0.3) is 11.1 Å². The third-order valence-electron chi connectivity index (χ3n) is 2.47. The zero-order chi connectivity index (χ0) is 13.0. The van der Waals surface area contributed by atoms with E-state index in [1.165, 1.54) is 11.8 Å². The number of ether oxygens (including phenoxy) is 2. The summed E-state index contributed by atoms with van der Waals surface area (Å²) < 4.78 is 10.5. The molecular weight excluding hydrogens is 248 g/mol. The van der Waals surface area contributed by atoms with Crippen LogP contribution in [-0.2, 0) is 0 Å². The molecule has 18 heavy (non-hydrogen) atoms. The molecule has 0 spiro atoms. The van der Waals surface area contributed by atoms with Crippen molar-refractivity contribution < 1.29 is 9.47 Å². The van der Waals surface area contributed by atoms with E-state index in [9.17, 15) is 0 Å². The van der Waals surface area contributed by atoms with Gasteiger partial charge in [-0.15, -0.1) is 0 Å². The molecule has 1 aromatic carbocycles. The summed E-state index contributed by atoms with van der Waals surface area (Å²) in [6.07, 6.45) is 7.19. The van der Waals surface area contributed by atoms with Gasteiger partial charge in [-0.3, -0.25) is 0 Å². The highest BCUT2D eigenvalue weighted by Crippen LogP contribution is 2.31. The fourth-order valence-electron chi connectivity index (χ4n) is 1.56. The number of thioether (sulfide) groups is 1. The van der Waals surface area contributed by atoms with Crippen molar-refractivity contribution in [1.82, 2.24) is 9.97 Å². The molecule has 2 aromatic rings. The molecule has 0 bridgehead atoms. The highest BCUT2D eigenvalue weighted by molar-refractivity contribution is 8.00. The standard InChI is InChI=1S/C13H13N2O2S/c1-16-11-5-4-9(6-12(11)17-2)10-7-14-13(18-3)15-8-10/h4-8H,3H2,1-2H3. The van der Waals surface area contributed by atoms with Crippen LogP contribution in [0.3, 0.4) is 0 Å². The molecule has 0 aliphatic rings. The lowest BCUT2D eigenvalue weighted by Crippen LogP contribution is -1.92. The Morgan fingerprint density at radius 1 is 1.00 bits per heavy atom. The second kappa shape index (κ2) is 5.73. The number of hydrogen-bond donors (Lipinski definition) is 0. The molecule has 0 fully saturated rings. The lowest BCUT2D eigenvalue weighted by atomic mass is 10.1. The van der Waals surface area contributed by atoms with Gasteiger partial charge in [0.25, 0.3) is 0 Å². The summed E-state index contributed by atoms with van der Waals surface area (Å²) in [7, 11) is 3.22. The maximum absolute atomic E-state index is 5.26. The van der Waals surface area contributed by atoms with Crippen molar-refractivity contribution in [1.29, 1.82) is 0 Å². The van der Waals surface area contributed by atoms with Crippen molar-refractivity contribution >= 4 is 11.8 Å². The molecule has 0 aliphatic heterocycles. The second-order valence-corrected chi connectivity index (χ2v) is 4.12. The predicted molar refractivity (Wildman–Crippen MR) is 71.8 cm³/mol. The van der Waals surface area contributed by atoms with Gasteiger partial charge in [-0.2, -0.15) is 0 Å². The van der Waals surface area contributed by atoms with Crippen LogP contribution in [0, 0.1) is 6.26 Å². The number of benzene rings is 1. The monoisotopic (exact) mass is 261 g/mol. The molecule has 2 rings (SSSR count). The van der Waals surface area contributed by atoms with Crippen LogP contribution in [0.15, 0.2) is 35.7 Å². The molecule has 5 heteroatoms. The fourth-order valence-corrected chi connectivity index (χ4v) is 1.81. The van der Waals surface area contributed by atoms with Gasteiger partial charge < -0.3 is 9.47 Å². The molecule has 0 unspecified atom stereocenters. The van der Waals surface area contributed by atoms with E-state index >= 15 is 0 Å². The molecule has 93 valence electrons. The van der Waals surface area contributed by atoms with E-state index in [0.29, 0.717) is 16.7 Å². The highest BCUT2D eigenvalue weighted by Gasteiger charge is 2.06. The summed E-state index contributed by atoms with van der Waals surface area (Å²) in [4.78, 5) is 8.38. The van der Waals surface area contributed by atoms with E-state index in [1.54, 1.807) is 26.6 Å². The first-order valence-corrected chi connectivity index (χ1v) is 6.23. The number of methoxy groups -OCH3 is 2. The number of nitrogens with zero attached hydrogens (tertiary/aromatic N) is 2. The maximum atomic E-state index is 5.26. The zero-order valence-corrected chi connectivity index (χ0v) is 11.0. The average Bonchev–Trinajstić information content (AvgIpc) is 2.46. The van der Waals surface area contributed by atoms with E-state index in [0.717, 1.165) is 11.1 Å². The quantitative estimate of drug-likeness (QED) is 0.625. The van der Waals surface area contributed by atoms with Gasteiger partial charge in [-0.25, -0.2) is 9.97 Å². The van der Waals surface area contributed by atoms with Gasteiger partial charge in [0.1, 0.15) is 0 Å². The molecule has 0 saturated carbocycles. The van der Waals surface area contributed by atoms with Gasteiger partial charge in [0.05, 0.1) is 14.2 Å². The number of aromatic nitrogens is 2. The van der Waals surface area contributed by atoms with Gasteiger partial charge in [0.15, 0.2) is 16.7 Å². The average molecular weight is 261 g/mol. The Morgan fingerprint density at radius 2 is 1.67 bits per heavy atom. The van der Waals surface area contributed by atoms with Gasteiger partial charge >= 0.3 is 0 Å². The Balaban J connectivity index is 2.37. The minimum absolute atomic E-state index is 0.652. The van der Waals surface area contributed by atoms with Crippen LogP contribution in [0.1, 0.15) is 0 Å². The first kappa shape index (κ1) is 12.7. The largest absolute Gasteiger partial charge is 0.493 e. The van der Waals surface area contributed by atoms with Gasteiger partial charge in [-0.05, 0) is 17.7 Å². The van der Waals surface area contributed by atoms with Crippen molar-refractivity contribution in [3.63, 3.8) is 0 Å². The molecule has 0 aliphatic carbocycles. The molecule has 0 N–H and O–H groups in total. The lowest BCUT2D eigenvalue weighted by Gasteiger charge is -2.09. The summed E-state index contributed by atoms with van der Waals surface area (Å²) in [6, 6.07) is 5.70. The first-order chi connectivity index (χ1) is 8.78. The van der Waals surface area contributed by atoms with Gasteiger partial charge in [-0.1, -0.05) is 17.8 Å². The summed E-state index contributed by atoms with van der Waals surface area (Å²) in [6.45, 7) is 0. The molecule has 4 nitrogen and oxygen atoms in total. The Kier molecular flexibility index (Phi) is 4.04. The highest BCUT2D eigenvalue weighted by atomic mass is 32.2. The van der Waals surface area contributed by atoms with E-state index in [2.05, 4.69) is 16.2 Å². The summed E-state index contributed by atoms with van der Waals surface area (Å²) in [5, 5.41) is 0.652. The van der Waals surface area contributed by atoms with E-state index in [1.807, 2.05) is 18.2 Å². The van der Waals surface area contributed by atoms with Crippen molar-refractivity contribution in [2.45, 2.75) is 5.16 Å². The number of rotatable bonds is 4. The van der Waals surface area contributed by atoms with Crippen LogP contribution in [0.5, 0.6) is 11.5 Å². The summed E-state index contributed by atoms with van der Waals surface area (Å²) in [5.74, 6) is 1.39. The van der Waals surface area contributed by atoms with E-state index in [4.69, 9.17) is 9.47 Å². The Labute approximate surface area is 110 Å². The Hall–Kier alpha value is -1.75. The van der Waals surface area contributed by atoms with E-state index in [-0.39, 0.29) is 0 Å². The van der Waals surface area contributed by atoms with Gasteiger partial charge in [0, 0.05) is 24.2 Å². The van der Waals surface area contributed by atoms with Crippen LogP contribution in [-0.4, -0.2) is 24.2 Å². The first-order valence-electron chi connectivity index (χ1n) is 5.25. The number of hydrogen-bond acceptors (Lipinski definition) is 5. The van der Waals surface area contributed by atoms with Crippen LogP contribution >= 0.6 is 11.8 Å². The van der Waals surface area contributed by atoms with Gasteiger partial charge in [0.2, 0.25) is 0 Å². The maximum Gasteiger partial charge on any atom is 0.187 e. The summed E-state index contributed by atoms with van der Waals surface area (Å²) >= 11 is 1.27. The molecule has 0 amide bonds. The van der Waals surface area contributed by atoms with Crippen molar-refractivity contribution in [2.75, 3.05) is 14.2 Å². The lowest BCUT2D eigenvalue weighted by molar-refractivity contribution is 0.355. The Morgan fingerprint density at radius 3 is 2.22 bits per heavy atom. The zero-order valence-electron chi connectivity index (χ0n) is 10.2. The molecular formula is C13H13N2O2S. The van der Waals surface area contributed by atoms with E-state index < -0.39 is 0 Å². The summed E-state index contributed by atoms with van der Waals surface area (Å²) in [5.41, 5.74) is 1.90. The molecule has 0 saturated heterocycles. The van der Waals surface area contributed by atoms with Crippen LogP contribution in [0.4, 0.5) is 0 Å². The van der Waals surface area contributed by atoms with Crippen molar-refractivity contribution in [3.8, 4) is 22.6 Å². The minimum atomic E-state index is 0.652. The molecule has 0 atom stereocenters. The molecule has 1 radical (unpaired) electrons. The second-order valence-electron chi connectivity index (χ2n) is 3.47. The van der Waals surface area contributed by atoms with Crippen molar-refractivity contribution in [2.24, 2.45) is 0 Å². The van der Waals surface area contributed by atoms with Crippen LogP contribution in [0.2, 0.25) is 0 Å². The smallest absolute Gasteiger partial charge is 0.187 e. The fraction of sp³-hybridized carbons (Fsp3) is 0.154. The normalized spacial score (nSPS) is 10.2. The predicted octanol–water partition coefficient (Wildman–Crippen LogP) is 3.04. The van der Waals surface area contributed by atoms with Crippen LogP contribution < -0.4 is 9.47 Å². The third kappa shape index (κ3) is 2.56. The topological polar surface area (TPSA) is 44.2 Å². The minimum Gasteiger partial charge on any atom is -0.493 e. The SMILES string of the molecule is [CH2]Sc1ncc(-c2ccc(OC)c(OC)c2)cn1.